The molecule has 108 valence electrons. The molecule has 0 aliphatic heterocycles. The van der Waals surface area contributed by atoms with Gasteiger partial charge in [-0.2, -0.15) is 5.10 Å². The van der Waals surface area contributed by atoms with Crippen molar-refractivity contribution in [3.63, 3.8) is 0 Å². The molecular formula is C16H13N5O. The van der Waals surface area contributed by atoms with Gasteiger partial charge in [0.05, 0.1) is 17.4 Å². The number of carbonyl (C=O) groups excluding carboxylic acids is 1. The number of anilines is 1. The number of rotatable bonds is 2. The minimum Gasteiger partial charge on any atom is -0.300 e. The number of nitrogens with zero attached hydrogens (tertiary/aromatic N) is 4. The number of amides is 1. The summed E-state index contributed by atoms with van der Waals surface area (Å²) >= 11 is 0. The first-order chi connectivity index (χ1) is 10.7. The molecule has 0 radical (unpaired) electrons. The van der Waals surface area contributed by atoms with E-state index in [-0.39, 0.29) is 0 Å². The van der Waals surface area contributed by atoms with E-state index < -0.39 is 5.91 Å². The molecule has 0 bridgehead atoms. The summed E-state index contributed by atoms with van der Waals surface area (Å²) in [6, 6.07) is 5.58. The molecule has 1 amide bonds. The van der Waals surface area contributed by atoms with Gasteiger partial charge in [-0.3, -0.25) is 14.8 Å². The first-order valence-electron chi connectivity index (χ1n) is 6.65. The molecule has 0 fully saturated rings. The van der Waals surface area contributed by atoms with E-state index in [4.69, 9.17) is 0 Å². The van der Waals surface area contributed by atoms with Gasteiger partial charge in [0.15, 0.2) is 0 Å². The summed E-state index contributed by atoms with van der Waals surface area (Å²) in [5, 5.41) is 7.66. The summed E-state index contributed by atoms with van der Waals surface area (Å²) in [5.41, 5.74) is 2.50. The van der Waals surface area contributed by atoms with Gasteiger partial charge in [0, 0.05) is 36.5 Å². The van der Waals surface area contributed by atoms with E-state index >= 15 is 0 Å². The number of aromatic nitrogens is 4. The Kier molecular flexibility index (Phi) is 3.54. The van der Waals surface area contributed by atoms with Crippen molar-refractivity contribution in [1.82, 2.24) is 19.7 Å². The standard InChI is InChI=1S/C16H13N5O/c1-3-4-16(22)20-15-7-14-11(8-17-15)5-6-13(19-14)12-9-18-21(2)10-12/h5-10H,1-2H3,(H,17,20,22). The number of carbonyl (C=O) groups is 1. The predicted octanol–water partition coefficient (Wildman–Crippen LogP) is 1.99. The van der Waals surface area contributed by atoms with Gasteiger partial charge in [-0.15, -0.1) is 0 Å². The van der Waals surface area contributed by atoms with E-state index in [1.165, 1.54) is 0 Å². The summed E-state index contributed by atoms with van der Waals surface area (Å²) in [6.45, 7) is 1.61. The fourth-order valence-electron chi connectivity index (χ4n) is 2.06. The van der Waals surface area contributed by atoms with Crippen LogP contribution in [-0.2, 0) is 11.8 Å². The highest BCUT2D eigenvalue weighted by Crippen LogP contribution is 2.21. The van der Waals surface area contributed by atoms with Crippen molar-refractivity contribution in [2.75, 3.05) is 5.32 Å². The molecule has 3 rings (SSSR count). The molecule has 0 spiro atoms. The molecule has 0 unspecified atom stereocenters. The summed E-state index contributed by atoms with van der Waals surface area (Å²) in [6.07, 6.45) is 5.33. The smallest absolute Gasteiger partial charge is 0.300 e. The molecule has 0 aliphatic carbocycles. The third-order valence-electron chi connectivity index (χ3n) is 3.05. The highest BCUT2D eigenvalue weighted by molar-refractivity contribution is 6.04. The molecule has 0 atom stereocenters. The summed E-state index contributed by atoms with van der Waals surface area (Å²) < 4.78 is 1.73. The zero-order valence-electron chi connectivity index (χ0n) is 12.2. The number of fused-ring (bicyclic) bond motifs is 1. The van der Waals surface area contributed by atoms with Gasteiger partial charge in [-0.1, -0.05) is 5.92 Å². The van der Waals surface area contributed by atoms with Crippen LogP contribution in [0.25, 0.3) is 22.2 Å². The van der Waals surface area contributed by atoms with E-state index in [1.807, 2.05) is 25.4 Å². The fraction of sp³-hybridized carbons (Fsp3) is 0.125. The SMILES string of the molecule is CC#CC(=O)Nc1cc2nc(-c3cnn(C)c3)ccc2cn1. The minimum absolute atomic E-state index is 0.391. The maximum atomic E-state index is 11.5. The quantitative estimate of drug-likeness (QED) is 0.733. The molecule has 3 heterocycles. The number of pyridine rings is 2. The lowest BCUT2D eigenvalue weighted by Crippen LogP contribution is -2.09. The normalized spacial score (nSPS) is 10.1. The summed E-state index contributed by atoms with van der Waals surface area (Å²) in [5.74, 6) is 4.99. The Labute approximate surface area is 127 Å². The molecule has 6 nitrogen and oxygen atoms in total. The van der Waals surface area contributed by atoms with E-state index in [1.54, 1.807) is 30.1 Å². The van der Waals surface area contributed by atoms with Crippen molar-refractivity contribution in [3.8, 4) is 23.1 Å². The van der Waals surface area contributed by atoms with Crippen LogP contribution < -0.4 is 5.32 Å². The van der Waals surface area contributed by atoms with Crippen LogP contribution in [0.5, 0.6) is 0 Å². The van der Waals surface area contributed by atoms with Gasteiger partial charge in [-0.05, 0) is 25.0 Å². The minimum atomic E-state index is -0.391. The molecule has 22 heavy (non-hydrogen) atoms. The maximum Gasteiger partial charge on any atom is 0.301 e. The van der Waals surface area contributed by atoms with Gasteiger partial charge >= 0.3 is 5.91 Å². The maximum absolute atomic E-state index is 11.5. The highest BCUT2D eigenvalue weighted by atomic mass is 16.1. The number of hydrogen-bond donors (Lipinski definition) is 1. The van der Waals surface area contributed by atoms with E-state index in [9.17, 15) is 4.79 Å². The Bertz CT molecular complexity index is 917. The molecule has 1 N–H and O–H groups in total. The zero-order chi connectivity index (χ0) is 15.5. The van der Waals surface area contributed by atoms with Gasteiger partial charge in [0.1, 0.15) is 5.82 Å². The average molecular weight is 291 g/mol. The summed E-state index contributed by atoms with van der Waals surface area (Å²) in [4.78, 5) is 20.3. The van der Waals surface area contributed by atoms with Crippen LogP contribution in [0.3, 0.4) is 0 Å². The second-order valence-corrected chi connectivity index (χ2v) is 4.69. The molecule has 0 aliphatic rings. The molecule has 0 saturated heterocycles. The Morgan fingerprint density at radius 3 is 2.91 bits per heavy atom. The first kappa shape index (κ1) is 13.8. The van der Waals surface area contributed by atoms with E-state index in [0.717, 1.165) is 22.2 Å². The zero-order valence-corrected chi connectivity index (χ0v) is 12.2. The second-order valence-electron chi connectivity index (χ2n) is 4.69. The third-order valence-corrected chi connectivity index (χ3v) is 3.05. The largest absolute Gasteiger partial charge is 0.301 e. The number of hydrogen-bond acceptors (Lipinski definition) is 4. The van der Waals surface area contributed by atoms with E-state index in [0.29, 0.717) is 5.82 Å². The molecule has 0 aromatic carbocycles. The monoisotopic (exact) mass is 291 g/mol. The molecular weight excluding hydrogens is 278 g/mol. The highest BCUT2D eigenvalue weighted by Gasteiger charge is 2.06. The van der Waals surface area contributed by atoms with Crippen LogP contribution in [0.1, 0.15) is 6.92 Å². The Morgan fingerprint density at radius 2 is 2.18 bits per heavy atom. The van der Waals surface area contributed by atoms with Gasteiger partial charge in [0.2, 0.25) is 0 Å². The predicted molar refractivity (Wildman–Crippen MR) is 83.8 cm³/mol. The number of nitrogens with one attached hydrogen (secondary N) is 1. The molecule has 3 aromatic rings. The first-order valence-corrected chi connectivity index (χ1v) is 6.65. The molecule has 6 heteroatoms. The fourth-order valence-corrected chi connectivity index (χ4v) is 2.06. The van der Waals surface area contributed by atoms with Gasteiger partial charge in [0.25, 0.3) is 0 Å². The lowest BCUT2D eigenvalue weighted by Gasteiger charge is -2.04. The van der Waals surface area contributed by atoms with Crippen molar-refractivity contribution in [2.45, 2.75) is 6.92 Å². The van der Waals surface area contributed by atoms with Crippen molar-refractivity contribution < 1.29 is 4.79 Å². The Balaban J connectivity index is 1.98. The molecule has 3 aromatic heterocycles. The van der Waals surface area contributed by atoms with Crippen LogP contribution in [0.2, 0.25) is 0 Å². The second kappa shape index (κ2) is 5.66. The topological polar surface area (TPSA) is 72.7 Å². The average Bonchev–Trinajstić information content (AvgIpc) is 2.93. The lowest BCUT2D eigenvalue weighted by molar-refractivity contribution is -0.111. The van der Waals surface area contributed by atoms with Crippen LogP contribution >= 0.6 is 0 Å². The Morgan fingerprint density at radius 1 is 1.32 bits per heavy atom. The van der Waals surface area contributed by atoms with Crippen molar-refractivity contribution in [2.24, 2.45) is 7.05 Å². The number of aryl methyl sites for hydroxylation is 1. The van der Waals surface area contributed by atoms with Crippen LogP contribution in [0.4, 0.5) is 5.82 Å². The van der Waals surface area contributed by atoms with Crippen LogP contribution in [-0.4, -0.2) is 25.7 Å². The van der Waals surface area contributed by atoms with Crippen molar-refractivity contribution >= 4 is 22.6 Å². The van der Waals surface area contributed by atoms with Crippen molar-refractivity contribution in [1.29, 1.82) is 0 Å². The van der Waals surface area contributed by atoms with Crippen LogP contribution in [0.15, 0.2) is 36.8 Å². The lowest BCUT2D eigenvalue weighted by atomic mass is 10.2. The Hall–Kier alpha value is -3.20. The third kappa shape index (κ3) is 2.79. The van der Waals surface area contributed by atoms with Gasteiger partial charge < -0.3 is 0 Å². The van der Waals surface area contributed by atoms with Gasteiger partial charge in [-0.25, -0.2) is 9.97 Å². The molecule has 0 saturated carbocycles. The van der Waals surface area contributed by atoms with E-state index in [2.05, 4.69) is 32.2 Å². The van der Waals surface area contributed by atoms with Crippen molar-refractivity contribution in [3.05, 3.63) is 36.8 Å². The summed E-state index contributed by atoms with van der Waals surface area (Å²) in [7, 11) is 1.86. The van der Waals surface area contributed by atoms with Crippen LogP contribution in [0, 0.1) is 11.8 Å².